The van der Waals surface area contributed by atoms with E-state index in [2.05, 4.69) is 5.32 Å². The lowest BCUT2D eigenvalue weighted by molar-refractivity contribution is -0.145. The van der Waals surface area contributed by atoms with Gasteiger partial charge in [0.25, 0.3) is 0 Å². The van der Waals surface area contributed by atoms with E-state index in [-0.39, 0.29) is 11.5 Å². The van der Waals surface area contributed by atoms with E-state index in [0.29, 0.717) is 6.54 Å². The molecule has 1 aliphatic carbocycles. The molecule has 0 bridgehead atoms. The number of aliphatic carboxylic acids is 1. The first-order chi connectivity index (χ1) is 6.72. The van der Waals surface area contributed by atoms with Crippen molar-refractivity contribution in [3.8, 4) is 0 Å². The molecule has 0 atom stereocenters. The van der Waals surface area contributed by atoms with Gasteiger partial charge in [-0.3, -0.25) is 5.32 Å². The van der Waals surface area contributed by atoms with Gasteiger partial charge in [-0.2, -0.15) is 0 Å². The van der Waals surface area contributed by atoms with Crippen LogP contribution >= 0.6 is 0 Å². The smallest absolute Gasteiger partial charge is 0.370 e. The van der Waals surface area contributed by atoms with Crippen molar-refractivity contribution in [1.29, 1.82) is 0 Å². The predicted molar refractivity (Wildman–Crippen MR) is 50.6 cm³/mol. The van der Waals surface area contributed by atoms with Gasteiger partial charge < -0.3 is 9.84 Å². The molecule has 0 unspecified atom stereocenters. The maximum absolute atomic E-state index is 10.8. The number of carboxylic acid groups (broad SMARTS) is 1. The minimum atomic E-state index is -0.962. The molecule has 0 radical (unpaired) electrons. The van der Waals surface area contributed by atoms with Gasteiger partial charge in [-0.1, -0.05) is 6.42 Å². The zero-order valence-corrected chi connectivity index (χ0v) is 8.08. The van der Waals surface area contributed by atoms with Gasteiger partial charge in [-0.25, -0.2) is 4.79 Å². The van der Waals surface area contributed by atoms with Crippen LogP contribution in [0, 0.1) is 0 Å². The highest BCUT2D eigenvalue weighted by Gasteiger charge is 2.37. The highest BCUT2D eigenvalue weighted by atomic mass is 16.5. The summed E-state index contributed by atoms with van der Waals surface area (Å²) in [5.41, 5.74) is -0.388. The Hall–Kier alpha value is -1.03. The maximum atomic E-state index is 10.8. The minimum absolute atomic E-state index is 0.102. The predicted octanol–water partition coefficient (Wildman–Crippen LogP) is 1.24. The van der Waals surface area contributed by atoms with E-state index >= 15 is 0 Å². The van der Waals surface area contributed by atoms with Crippen LogP contribution in [0.5, 0.6) is 0 Å². The van der Waals surface area contributed by atoms with Gasteiger partial charge in [0.15, 0.2) is 5.72 Å². The van der Waals surface area contributed by atoms with Crippen LogP contribution in [0.2, 0.25) is 0 Å². The lowest BCUT2D eigenvalue weighted by Crippen LogP contribution is -2.51. The van der Waals surface area contributed by atoms with Gasteiger partial charge >= 0.3 is 5.97 Å². The fraction of sp³-hybridized carbons (Fsp3) is 0.700. The fourth-order valence-corrected chi connectivity index (χ4v) is 2.15. The summed E-state index contributed by atoms with van der Waals surface area (Å²) < 4.78 is 5.53. The molecule has 14 heavy (non-hydrogen) atoms. The molecule has 1 spiro atoms. The number of hydrogen-bond acceptors (Lipinski definition) is 3. The number of carboxylic acids is 1. The second-order valence-corrected chi connectivity index (χ2v) is 3.91. The second-order valence-electron chi connectivity index (χ2n) is 3.91. The molecule has 4 nitrogen and oxygen atoms in total. The van der Waals surface area contributed by atoms with E-state index in [1.54, 1.807) is 6.08 Å². The van der Waals surface area contributed by atoms with Crippen molar-refractivity contribution < 1.29 is 14.6 Å². The summed E-state index contributed by atoms with van der Waals surface area (Å²) >= 11 is 0. The molecule has 0 aromatic rings. The van der Waals surface area contributed by atoms with Crippen molar-refractivity contribution in [1.82, 2.24) is 5.32 Å². The number of carbonyl (C=O) groups is 1. The van der Waals surface area contributed by atoms with Crippen LogP contribution in [0.15, 0.2) is 11.8 Å². The molecular weight excluding hydrogens is 182 g/mol. The molecule has 1 saturated carbocycles. The lowest BCUT2D eigenvalue weighted by atomic mass is 9.91. The second kappa shape index (κ2) is 3.61. The summed E-state index contributed by atoms with van der Waals surface area (Å²) in [5, 5.41) is 12.1. The third kappa shape index (κ3) is 1.75. The van der Waals surface area contributed by atoms with E-state index in [1.165, 1.54) is 6.42 Å². The van der Waals surface area contributed by atoms with Crippen molar-refractivity contribution in [3.63, 3.8) is 0 Å². The van der Waals surface area contributed by atoms with Crippen molar-refractivity contribution in [3.05, 3.63) is 11.8 Å². The summed E-state index contributed by atoms with van der Waals surface area (Å²) in [6, 6.07) is 0. The first-order valence-corrected chi connectivity index (χ1v) is 5.09. The van der Waals surface area contributed by atoms with Crippen LogP contribution in [0.3, 0.4) is 0 Å². The van der Waals surface area contributed by atoms with Crippen LogP contribution in [-0.2, 0) is 9.53 Å². The largest absolute Gasteiger partial charge is 0.475 e. The zero-order valence-electron chi connectivity index (χ0n) is 8.08. The van der Waals surface area contributed by atoms with E-state index in [4.69, 9.17) is 9.84 Å². The van der Waals surface area contributed by atoms with Crippen LogP contribution in [0.1, 0.15) is 32.1 Å². The minimum Gasteiger partial charge on any atom is -0.475 e. The van der Waals surface area contributed by atoms with Crippen LogP contribution in [0.4, 0.5) is 0 Å². The SMILES string of the molecule is O=C(O)C1=CCNC2(CCCCC2)O1. The van der Waals surface area contributed by atoms with E-state index in [1.807, 2.05) is 0 Å². The van der Waals surface area contributed by atoms with Crippen LogP contribution in [-0.4, -0.2) is 23.3 Å². The molecule has 1 fully saturated rings. The fourth-order valence-electron chi connectivity index (χ4n) is 2.15. The first kappa shape index (κ1) is 9.52. The summed E-state index contributed by atoms with van der Waals surface area (Å²) in [4.78, 5) is 10.8. The van der Waals surface area contributed by atoms with E-state index < -0.39 is 5.97 Å². The molecule has 0 saturated heterocycles. The van der Waals surface area contributed by atoms with Gasteiger partial charge in [0.05, 0.1) is 0 Å². The summed E-state index contributed by atoms with van der Waals surface area (Å²) in [5.74, 6) is -0.859. The summed E-state index contributed by atoms with van der Waals surface area (Å²) in [6.07, 6.45) is 6.86. The Morgan fingerprint density at radius 1 is 1.43 bits per heavy atom. The molecule has 0 aromatic carbocycles. The molecule has 0 aromatic heterocycles. The molecule has 0 amide bonds. The Kier molecular flexibility index (Phi) is 2.46. The Morgan fingerprint density at radius 2 is 2.14 bits per heavy atom. The number of hydrogen-bond donors (Lipinski definition) is 2. The third-order valence-corrected chi connectivity index (χ3v) is 2.89. The molecule has 1 heterocycles. The zero-order chi connectivity index (χ0) is 10.0. The van der Waals surface area contributed by atoms with Gasteiger partial charge in [0, 0.05) is 19.4 Å². The first-order valence-electron chi connectivity index (χ1n) is 5.09. The van der Waals surface area contributed by atoms with Gasteiger partial charge in [0.1, 0.15) is 0 Å². The summed E-state index contributed by atoms with van der Waals surface area (Å²) in [7, 11) is 0. The molecule has 1 aliphatic heterocycles. The quantitative estimate of drug-likeness (QED) is 0.664. The van der Waals surface area contributed by atoms with Crippen molar-refractivity contribution in [2.24, 2.45) is 0 Å². The molecule has 2 rings (SSSR count). The molecule has 78 valence electrons. The third-order valence-electron chi connectivity index (χ3n) is 2.89. The van der Waals surface area contributed by atoms with Crippen LogP contribution in [0.25, 0.3) is 0 Å². The monoisotopic (exact) mass is 197 g/mol. The number of nitrogens with one attached hydrogen (secondary N) is 1. The Balaban J connectivity index is 2.09. The Bertz CT molecular complexity index is 267. The van der Waals surface area contributed by atoms with E-state index in [9.17, 15) is 4.79 Å². The Labute approximate surface area is 82.9 Å². The number of rotatable bonds is 1. The number of ether oxygens (including phenoxy) is 1. The molecule has 2 N–H and O–H groups in total. The standard InChI is InChI=1S/C10H15NO3/c12-9(13)8-4-7-11-10(14-8)5-2-1-3-6-10/h4,11H,1-3,5-7H2,(H,12,13). The normalized spacial score (nSPS) is 25.3. The highest BCUT2D eigenvalue weighted by molar-refractivity contribution is 5.84. The van der Waals surface area contributed by atoms with Gasteiger partial charge in [0.2, 0.25) is 5.76 Å². The summed E-state index contributed by atoms with van der Waals surface area (Å²) in [6.45, 7) is 0.599. The molecular formula is C10H15NO3. The topological polar surface area (TPSA) is 58.6 Å². The van der Waals surface area contributed by atoms with Gasteiger partial charge in [-0.15, -0.1) is 0 Å². The molecule has 4 heteroatoms. The average Bonchev–Trinajstić information content (AvgIpc) is 2.19. The van der Waals surface area contributed by atoms with Crippen molar-refractivity contribution in [2.75, 3.05) is 6.54 Å². The molecule has 2 aliphatic rings. The van der Waals surface area contributed by atoms with Crippen LogP contribution < -0.4 is 5.32 Å². The highest BCUT2D eigenvalue weighted by Crippen LogP contribution is 2.32. The van der Waals surface area contributed by atoms with Crippen molar-refractivity contribution in [2.45, 2.75) is 37.8 Å². The Morgan fingerprint density at radius 3 is 2.79 bits per heavy atom. The van der Waals surface area contributed by atoms with Gasteiger partial charge in [-0.05, 0) is 18.9 Å². The lowest BCUT2D eigenvalue weighted by Gasteiger charge is -2.40. The average molecular weight is 197 g/mol. The maximum Gasteiger partial charge on any atom is 0.370 e. The van der Waals surface area contributed by atoms with Crippen molar-refractivity contribution >= 4 is 5.97 Å². The van der Waals surface area contributed by atoms with E-state index in [0.717, 1.165) is 25.7 Å².